The molecule has 1 aliphatic carbocycles. The normalized spacial score (nSPS) is 32.0. The van der Waals surface area contributed by atoms with Gasteiger partial charge in [-0.15, -0.1) is 0 Å². The van der Waals surface area contributed by atoms with E-state index in [-0.39, 0.29) is 5.92 Å². The van der Waals surface area contributed by atoms with E-state index in [9.17, 15) is 4.79 Å². The molecular formula is C13H24N2O2. The van der Waals surface area contributed by atoms with Crippen molar-refractivity contribution < 1.29 is 9.90 Å². The van der Waals surface area contributed by atoms with Gasteiger partial charge in [0.05, 0.1) is 5.92 Å². The summed E-state index contributed by atoms with van der Waals surface area (Å²) in [6, 6.07) is 2.02. The van der Waals surface area contributed by atoms with E-state index in [1.54, 1.807) is 6.92 Å². The third-order valence-electron chi connectivity index (χ3n) is 4.22. The Labute approximate surface area is 104 Å². The fraction of sp³-hybridized carbons (Fsp3) is 0.923. The Hall–Kier alpha value is -0.610. The molecule has 1 aliphatic heterocycles. The van der Waals surface area contributed by atoms with Gasteiger partial charge in [-0.2, -0.15) is 0 Å². The summed E-state index contributed by atoms with van der Waals surface area (Å²) in [6.07, 6.45) is 3.89. The van der Waals surface area contributed by atoms with Crippen LogP contribution in [0.2, 0.25) is 0 Å². The summed E-state index contributed by atoms with van der Waals surface area (Å²) in [5.74, 6) is -0.966. The molecule has 0 aromatic heterocycles. The summed E-state index contributed by atoms with van der Waals surface area (Å²) in [5.41, 5.74) is 0. The van der Waals surface area contributed by atoms with E-state index in [1.807, 2.05) is 0 Å². The van der Waals surface area contributed by atoms with Crippen LogP contribution in [0, 0.1) is 5.92 Å². The van der Waals surface area contributed by atoms with Crippen molar-refractivity contribution >= 4 is 5.97 Å². The summed E-state index contributed by atoms with van der Waals surface area (Å²) in [7, 11) is 2.06. The van der Waals surface area contributed by atoms with Crippen LogP contribution in [0.1, 0.15) is 33.1 Å². The molecule has 3 unspecified atom stereocenters. The van der Waals surface area contributed by atoms with Crippen molar-refractivity contribution in [3.8, 4) is 0 Å². The zero-order chi connectivity index (χ0) is 12.6. The second-order valence-corrected chi connectivity index (χ2v) is 5.85. The van der Waals surface area contributed by atoms with Gasteiger partial charge in [-0.05, 0) is 33.2 Å². The molecule has 1 saturated heterocycles. The number of likely N-dealkylation sites (N-methyl/N-ethyl adjacent to an activating group) is 1. The van der Waals surface area contributed by atoms with Gasteiger partial charge in [0.1, 0.15) is 0 Å². The van der Waals surface area contributed by atoms with Crippen LogP contribution < -0.4 is 0 Å². The van der Waals surface area contributed by atoms with Gasteiger partial charge >= 0.3 is 5.97 Å². The largest absolute Gasteiger partial charge is 0.481 e. The first kappa shape index (κ1) is 12.8. The molecule has 3 atom stereocenters. The third kappa shape index (κ3) is 2.99. The highest BCUT2D eigenvalue weighted by molar-refractivity contribution is 5.69. The average molecular weight is 240 g/mol. The minimum absolute atomic E-state index is 0.273. The van der Waals surface area contributed by atoms with Crippen LogP contribution in [-0.4, -0.2) is 59.1 Å². The lowest BCUT2D eigenvalue weighted by atomic mass is 10.1. The number of rotatable bonds is 5. The van der Waals surface area contributed by atoms with Gasteiger partial charge < -0.3 is 10.0 Å². The fourth-order valence-electron chi connectivity index (χ4n) is 2.92. The Balaban J connectivity index is 1.84. The van der Waals surface area contributed by atoms with Gasteiger partial charge in [0.15, 0.2) is 0 Å². The first-order chi connectivity index (χ1) is 7.99. The topological polar surface area (TPSA) is 43.8 Å². The van der Waals surface area contributed by atoms with Crippen molar-refractivity contribution in [3.63, 3.8) is 0 Å². The maximum atomic E-state index is 10.9. The van der Waals surface area contributed by atoms with Crippen molar-refractivity contribution in [1.82, 2.24) is 9.80 Å². The van der Waals surface area contributed by atoms with Crippen LogP contribution in [0.25, 0.3) is 0 Å². The number of likely N-dealkylation sites (tertiary alicyclic amines) is 1. The van der Waals surface area contributed by atoms with Crippen LogP contribution in [0.15, 0.2) is 0 Å². The first-order valence-electron chi connectivity index (χ1n) is 6.67. The zero-order valence-corrected chi connectivity index (χ0v) is 11.1. The number of hydrogen-bond donors (Lipinski definition) is 1. The highest BCUT2D eigenvalue weighted by Crippen LogP contribution is 2.34. The molecule has 4 heteroatoms. The van der Waals surface area contributed by atoms with Gasteiger partial charge in [0.25, 0.3) is 0 Å². The second-order valence-electron chi connectivity index (χ2n) is 5.85. The van der Waals surface area contributed by atoms with Crippen molar-refractivity contribution in [2.24, 2.45) is 5.92 Å². The van der Waals surface area contributed by atoms with Crippen LogP contribution in [0.5, 0.6) is 0 Å². The Bertz CT molecular complexity index is 291. The molecule has 0 spiro atoms. The minimum Gasteiger partial charge on any atom is -0.481 e. The Morgan fingerprint density at radius 2 is 2.18 bits per heavy atom. The molecule has 0 aromatic carbocycles. The molecule has 1 heterocycles. The number of carboxylic acid groups (broad SMARTS) is 1. The smallest absolute Gasteiger partial charge is 0.307 e. The molecule has 2 rings (SSSR count). The SMILES string of the molecule is CC(CN(C)C1CC(C)N(C2CC2)C1)C(=O)O. The number of nitrogens with zero attached hydrogens (tertiary/aromatic N) is 2. The predicted molar refractivity (Wildman–Crippen MR) is 67.0 cm³/mol. The van der Waals surface area contributed by atoms with E-state index >= 15 is 0 Å². The summed E-state index contributed by atoms with van der Waals surface area (Å²) in [6.45, 7) is 5.86. The van der Waals surface area contributed by atoms with Gasteiger partial charge in [0.2, 0.25) is 0 Å². The molecule has 4 nitrogen and oxygen atoms in total. The first-order valence-corrected chi connectivity index (χ1v) is 6.67. The molecule has 1 saturated carbocycles. The maximum absolute atomic E-state index is 10.9. The zero-order valence-electron chi connectivity index (χ0n) is 11.1. The van der Waals surface area contributed by atoms with Crippen molar-refractivity contribution in [1.29, 1.82) is 0 Å². The Kier molecular flexibility index (Phi) is 3.73. The summed E-state index contributed by atoms with van der Waals surface area (Å²) < 4.78 is 0. The number of hydrogen-bond acceptors (Lipinski definition) is 3. The predicted octanol–water partition coefficient (Wildman–Crippen LogP) is 1.26. The summed E-state index contributed by atoms with van der Waals surface area (Å²) >= 11 is 0. The average Bonchev–Trinajstić information content (AvgIpc) is 3.02. The van der Waals surface area contributed by atoms with E-state index < -0.39 is 5.97 Å². The Morgan fingerprint density at radius 1 is 1.53 bits per heavy atom. The monoisotopic (exact) mass is 240 g/mol. The molecule has 0 radical (unpaired) electrons. The standard InChI is InChI=1S/C13H24N2O2/c1-9(13(16)17)7-14(3)12-6-10(2)15(8-12)11-4-5-11/h9-12H,4-8H2,1-3H3,(H,16,17). The lowest BCUT2D eigenvalue weighted by Crippen LogP contribution is -2.39. The van der Waals surface area contributed by atoms with Crippen molar-refractivity contribution in [2.75, 3.05) is 20.1 Å². The maximum Gasteiger partial charge on any atom is 0.307 e. The van der Waals surface area contributed by atoms with Crippen molar-refractivity contribution in [2.45, 2.75) is 51.2 Å². The molecule has 0 amide bonds. The quantitative estimate of drug-likeness (QED) is 0.786. The van der Waals surface area contributed by atoms with E-state index in [0.717, 1.165) is 12.6 Å². The van der Waals surface area contributed by atoms with E-state index in [4.69, 9.17) is 5.11 Å². The second kappa shape index (κ2) is 4.94. The molecule has 2 fully saturated rings. The van der Waals surface area contributed by atoms with E-state index in [0.29, 0.717) is 18.6 Å². The molecule has 0 aromatic rings. The summed E-state index contributed by atoms with van der Waals surface area (Å²) in [5, 5.41) is 8.94. The van der Waals surface area contributed by atoms with Gasteiger partial charge in [0, 0.05) is 31.2 Å². The molecule has 2 aliphatic rings. The highest BCUT2D eigenvalue weighted by atomic mass is 16.4. The third-order valence-corrected chi connectivity index (χ3v) is 4.22. The van der Waals surface area contributed by atoms with E-state index in [2.05, 4.69) is 23.8 Å². The number of carbonyl (C=O) groups is 1. The van der Waals surface area contributed by atoms with Gasteiger partial charge in [-0.3, -0.25) is 9.69 Å². The highest BCUT2D eigenvalue weighted by Gasteiger charge is 2.40. The van der Waals surface area contributed by atoms with Crippen LogP contribution in [-0.2, 0) is 4.79 Å². The molecule has 98 valence electrons. The molecule has 17 heavy (non-hydrogen) atoms. The van der Waals surface area contributed by atoms with Crippen LogP contribution in [0.4, 0.5) is 0 Å². The van der Waals surface area contributed by atoms with E-state index in [1.165, 1.54) is 19.3 Å². The van der Waals surface area contributed by atoms with Crippen LogP contribution >= 0.6 is 0 Å². The number of aliphatic carboxylic acids is 1. The van der Waals surface area contributed by atoms with Crippen molar-refractivity contribution in [3.05, 3.63) is 0 Å². The van der Waals surface area contributed by atoms with Crippen LogP contribution in [0.3, 0.4) is 0 Å². The molecular weight excluding hydrogens is 216 g/mol. The number of carboxylic acids is 1. The lowest BCUT2D eigenvalue weighted by molar-refractivity contribution is -0.141. The van der Waals surface area contributed by atoms with Gasteiger partial charge in [-0.25, -0.2) is 0 Å². The minimum atomic E-state index is -0.693. The Morgan fingerprint density at radius 3 is 2.71 bits per heavy atom. The fourth-order valence-corrected chi connectivity index (χ4v) is 2.92. The summed E-state index contributed by atoms with van der Waals surface area (Å²) in [4.78, 5) is 15.7. The lowest BCUT2D eigenvalue weighted by Gasteiger charge is -2.26. The molecule has 1 N–H and O–H groups in total. The van der Waals surface area contributed by atoms with Gasteiger partial charge in [-0.1, -0.05) is 6.92 Å². The molecule has 0 bridgehead atoms.